The van der Waals surface area contributed by atoms with E-state index >= 15 is 0 Å². The van der Waals surface area contributed by atoms with E-state index in [1.165, 1.54) is 10.9 Å². The highest BCUT2D eigenvalue weighted by Crippen LogP contribution is 2.44. The van der Waals surface area contributed by atoms with Crippen LogP contribution in [0.3, 0.4) is 0 Å². The van der Waals surface area contributed by atoms with Crippen LogP contribution >= 0.6 is 0 Å². The van der Waals surface area contributed by atoms with Crippen LogP contribution in [0, 0.1) is 0 Å². The molecule has 1 aromatic rings. The predicted molar refractivity (Wildman–Crippen MR) is 68.2 cm³/mol. The van der Waals surface area contributed by atoms with E-state index in [9.17, 15) is 9.90 Å². The lowest BCUT2D eigenvalue weighted by molar-refractivity contribution is -0.286. The van der Waals surface area contributed by atoms with Gasteiger partial charge in [0, 0.05) is 0 Å². The Morgan fingerprint density at radius 3 is 2.71 bits per heavy atom. The summed E-state index contributed by atoms with van der Waals surface area (Å²) in [4.78, 5) is 14.9. The molecule has 0 bridgehead atoms. The third-order valence-corrected chi connectivity index (χ3v) is 3.78. The van der Waals surface area contributed by atoms with Crippen molar-refractivity contribution in [2.24, 2.45) is 5.73 Å². The number of imidazole rings is 1. The molecule has 3 heterocycles. The lowest BCUT2D eigenvalue weighted by atomic mass is 10.1. The number of amides is 1. The molecule has 0 unspecified atom stereocenters. The maximum absolute atomic E-state index is 12.2. The van der Waals surface area contributed by atoms with Crippen molar-refractivity contribution in [2.75, 3.05) is 0 Å². The van der Waals surface area contributed by atoms with Gasteiger partial charge in [-0.15, -0.1) is 0 Å². The third-order valence-electron chi connectivity index (χ3n) is 3.78. The van der Waals surface area contributed by atoms with Crippen LogP contribution in [0.15, 0.2) is 6.33 Å². The van der Waals surface area contributed by atoms with E-state index in [4.69, 9.17) is 19.9 Å². The zero-order valence-corrected chi connectivity index (χ0v) is 12.1. The Kier molecular flexibility index (Phi) is 3.19. The Morgan fingerprint density at radius 2 is 2.14 bits per heavy atom. The summed E-state index contributed by atoms with van der Waals surface area (Å²) in [6.07, 6.45) is 0.455. The fourth-order valence-corrected chi connectivity index (χ4v) is 2.91. The highest BCUT2D eigenvalue weighted by molar-refractivity contribution is 5.92. The molecule has 8 nitrogen and oxygen atoms in total. The third kappa shape index (κ3) is 2.19. The van der Waals surface area contributed by atoms with Crippen molar-refractivity contribution >= 4 is 5.91 Å². The maximum atomic E-state index is 12.2. The molecule has 2 saturated heterocycles. The second-order valence-corrected chi connectivity index (χ2v) is 5.71. The topological polar surface area (TPSA) is 112 Å². The molecule has 1 aromatic heterocycles. The minimum Gasteiger partial charge on any atom is -0.858 e. The van der Waals surface area contributed by atoms with Gasteiger partial charge >= 0.3 is 0 Å². The van der Waals surface area contributed by atoms with E-state index < -0.39 is 29.9 Å². The molecule has 21 heavy (non-hydrogen) atoms. The summed E-state index contributed by atoms with van der Waals surface area (Å²) in [5.74, 6) is -2.17. The van der Waals surface area contributed by atoms with Gasteiger partial charge in [0.05, 0.1) is 12.4 Å². The van der Waals surface area contributed by atoms with Crippen LogP contribution in [0.5, 0.6) is 5.88 Å². The molecule has 4 atom stereocenters. The summed E-state index contributed by atoms with van der Waals surface area (Å²) in [6.45, 7) is 5.60. The van der Waals surface area contributed by atoms with Gasteiger partial charge in [-0.05, 0) is 26.1 Å². The molecule has 0 aliphatic carbocycles. The number of primary amides is 1. The van der Waals surface area contributed by atoms with Crippen LogP contribution in [0.25, 0.3) is 0 Å². The van der Waals surface area contributed by atoms with Crippen LogP contribution < -0.4 is 10.8 Å². The highest BCUT2D eigenvalue weighted by atomic mass is 16.8. The molecule has 2 fully saturated rings. The summed E-state index contributed by atoms with van der Waals surface area (Å²) >= 11 is 0. The number of ether oxygens (including phenoxy) is 3. The highest BCUT2D eigenvalue weighted by Gasteiger charge is 2.55. The van der Waals surface area contributed by atoms with E-state index in [0.29, 0.717) is 0 Å². The van der Waals surface area contributed by atoms with E-state index in [1.807, 2.05) is 20.8 Å². The first kappa shape index (κ1) is 14.3. The van der Waals surface area contributed by atoms with Gasteiger partial charge in [-0.25, -0.2) is 4.98 Å². The fourth-order valence-electron chi connectivity index (χ4n) is 2.91. The first-order valence-corrected chi connectivity index (χ1v) is 6.89. The van der Waals surface area contributed by atoms with Gasteiger partial charge in [-0.2, -0.15) is 0 Å². The summed E-state index contributed by atoms with van der Waals surface area (Å²) in [6, 6.07) is 0. The molecule has 0 aromatic carbocycles. The van der Waals surface area contributed by atoms with Crippen molar-refractivity contribution in [3.05, 3.63) is 12.0 Å². The van der Waals surface area contributed by atoms with E-state index in [0.717, 1.165) is 6.42 Å². The van der Waals surface area contributed by atoms with Crippen LogP contribution in [-0.2, 0) is 14.2 Å². The standard InChI is InChI=1S/C13H19N3O5/c1-4-6-8-9(21-13(2,3)20-8)12(19-6)16-5-15-7(10(14)17)11(16)18/h5-6,8-9,12,18H,4H2,1-3H3,(H2,14,17)/p-1/t6-,8-,9-,12-/m1/s1. The molecule has 3 rings (SSSR count). The molecule has 1 amide bonds. The van der Waals surface area contributed by atoms with Gasteiger partial charge in [-0.1, -0.05) is 6.92 Å². The number of aromatic nitrogens is 2. The first-order valence-electron chi connectivity index (χ1n) is 6.89. The van der Waals surface area contributed by atoms with Crippen molar-refractivity contribution in [1.82, 2.24) is 9.55 Å². The summed E-state index contributed by atoms with van der Waals surface area (Å²) in [5, 5.41) is 12.2. The monoisotopic (exact) mass is 296 g/mol. The molecule has 8 heteroatoms. The fraction of sp³-hybridized carbons (Fsp3) is 0.692. The lowest BCUT2D eigenvalue weighted by Crippen LogP contribution is -2.28. The zero-order valence-electron chi connectivity index (χ0n) is 12.1. The second kappa shape index (κ2) is 4.69. The number of rotatable bonds is 3. The number of nitrogens with two attached hydrogens (primary N) is 1. The van der Waals surface area contributed by atoms with E-state index in [1.54, 1.807) is 0 Å². The Morgan fingerprint density at radius 1 is 1.48 bits per heavy atom. The summed E-state index contributed by atoms with van der Waals surface area (Å²) in [7, 11) is 0. The van der Waals surface area contributed by atoms with Gasteiger partial charge in [0.15, 0.2) is 12.0 Å². The molecule has 2 aliphatic rings. The Hall–Kier alpha value is -1.64. The molecular weight excluding hydrogens is 278 g/mol. The normalized spacial score (nSPS) is 34.0. The number of hydrogen-bond acceptors (Lipinski definition) is 6. The van der Waals surface area contributed by atoms with Crippen molar-refractivity contribution in [3.63, 3.8) is 0 Å². The van der Waals surface area contributed by atoms with Crippen LogP contribution in [0.1, 0.15) is 43.9 Å². The number of hydrogen-bond donors (Lipinski definition) is 1. The Labute approximate surface area is 121 Å². The Balaban J connectivity index is 1.94. The zero-order chi connectivity index (χ0) is 15.4. The number of carbonyl (C=O) groups excluding carboxylic acids is 1. The van der Waals surface area contributed by atoms with Crippen molar-refractivity contribution < 1.29 is 24.1 Å². The lowest BCUT2D eigenvalue weighted by Gasteiger charge is -2.26. The van der Waals surface area contributed by atoms with Crippen LogP contribution in [-0.4, -0.2) is 39.6 Å². The molecule has 2 aliphatic heterocycles. The van der Waals surface area contributed by atoms with Gasteiger partial charge < -0.3 is 29.6 Å². The average Bonchev–Trinajstić information content (AvgIpc) is 3.00. The van der Waals surface area contributed by atoms with Crippen LogP contribution in [0.4, 0.5) is 0 Å². The van der Waals surface area contributed by atoms with Gasteiger partial charge in [0.1, 0.15) is 17.9 Å². The van der Waals surface area contributed by atoms with Gasteiger partial charge in [0.2, 0.25) is 0 Å². The molecule has 2 N–H and O–H groups in total. The Bertz CT molecular complexity index is 570. The largest absolute Gasteiger partial charge is 0.858 e. The van der Waals surface area contributed by atoms with E-state index in [-0.39, 0.29) is 17.9 Å². The van der Waals surface area contributed by atoms with Crippen molar-refractivity contribution in [1.29, 1.82) is 0 Å². The summed E-state index contributed by atoms with van der Waals surface area (Å²) < 4.78 is 18.8. The van der Waals surface area contributed by atoms with Crippen molar-refractivity contribution in [2.45, 2.75) is 57.5 Å². The second-order valence-electron chi connectivity index (χ2n) is 5.71. The minimum atomic E-state index is -0.857. The van der Waals surface area contributed by atoms with Gasteiger partial charge in [0.25, 0.3) is 5.91 Å². The molecule has 116 valence electrons. The maximum Gasteiger partial charge on any atom is 0.268 e. The number of carbonyl (C=O) groups is 1. The average molecular weight is 296 g/mol. The quantitative estimate of drug-likeness (QED) is 0.832. The SMILES string of the molecule is CC[C@H]1O[C@@H](n2cnc(C(N)=O)c2[O-])[C@@H]2OC(C)(C)O[C@@H]21. The van der Waals surface area contributed by atoms with Gasteiger partial charge in [-0.3, -0.25) is 4.79 Å². The number of fused-ring (bicyclic) bond motifs is 1. The molecular formula is C13H18N3O5-. The summed E-state index contributed by atoms with van der Waals surface area (Å²) in [5.41, 5.74) is 4.82. The molecule has 0 saturated carbocycles. The van der Waals surface area contributed by atoms with Crippen molar-refractivity contribution in [3.8, 4) is 5.88 Å². The molecule has 0 radical (unpaired) electrons. The van der Waals surface area contributed by atoms with Crippen LogP contribution in [0.2, 0.25) is 0 Å². The first-order chi connectivity index (χ1) is 9.84. The molecule has 0 spiro atoms. The smallest absolute Gasteiger partial charge is 0.268 e. The predicted octanol–water partition coefficient (Wildman–Crippen LogP) is -0.117. The minimum absolute atomic E-state index is 0.180. The number of nitrogens with zero attached hydrogens (tertiary/aromatic N) is 2. The van der Waals surface area contributed by atoms with E-state index in [2.05, 4.69) is 4.98 Å².